The molecule has 0 spiro atoms. The summed E-state index contributed by atoms with van der Waals surface area (Å²) in [5.74, 6) is 3.65. The van der Waals surface area contributed by atoms with Gasteiger partial charge in [0.1, 0.15) is 0 Å². The van der Waals surface area contributed by atoms with E-state index in [1.165, 1.54) is 69.3 Å². The third-order valence-electron chi connectivity index (χ3n) is 7.74. The average Bonchev–Trinajstić information content (AvgIpc) is 3.13. The van der Waals surface area contributed by atoms with Crippen molar-refractivity contribution in [2.45, 2.75) is 57.9 Å². The number of carbonyl (C=O) groups excluding carboxylic acids is 1. The Kier molecular flexibility index (Phi) is 4.60. The molecule has 0 atom stereocenters. The van der Waals surface area contributed by atoms with Crippen LogP contribution in [0, 0.1) is 29.1 Å². The van der Waals surface area contributed by atoms with Gasteiger partial charge in [-0.1, -0.05) is 6.07 Å². The first-order valence-corrected chi connectivity index (χ1v) is 11.6. The monoisotopic (exact) mass is 372 g/mol. The zero-order valence-electron chi connectivity index (χ0n) is 15.8. The highest BCUT2D eigenvalue weighted by Crippen LogP contribution is 2.60. The highest BCUT2D eigenvalue weighted by molar-refractivity contribution is 7.09. The van der Waals surface area contributed by atoms with Crippen LogP contribution >= 0.6 is 11.3 Å². The summed E-state index contributed by atoms with van der Waals surface area (Å²) in [5, 5.41) is 5.58. The quantitative estimate of drug-likeness (QED) is 0.836. The Morgan fingerprint density at radius 3 is 2.35 bits per heavy atom. The van der Waals surface area contributed by atoms with E-state index in [-0.39, 0.29) is 5.41 Å². The molecule has 1 aliphatic heterocycles. The number of hydrogen-bond acceptors (Lipinski definition) is 3. The van der Waals surface area contributed by atoms with Gasteiger partial charge in [0, 0.05) is 23.4 Å². The molecule has 4 saturated carbocycles. The topological polar surface area (TPSA) is 32.3 Å². The van der Waals surface area contributed by atoms with Gasteiger partial charge in [-0.2, -0.15) is 0 Å². The highest BCUT2D eigenvalue weighted by atomic mass is 32.1. The molecule has 6 rings (SSSR count). The largest absolute Gasteiger partial charge is 0.355 e. The number of carbonyl (C=O) groups is 1. The van der Waals surface area contributed by atoms with E-state index in [9.17, 15) is 4.79 Å². The lowest BCUT2D eigenvalue weighted by atomic mass is 9.49. The first-order chi connectivity index (χ1) is 12.7. The number of nitrogens with zero attached hydrogens (tertiary/aromatic N) is 1. The van der Waals surface area contributed by atoms with Gasteiger partial charge in [0.15, 0.2) is 0 Å². The highest BCUT2D eigenvalue weighted by Gasteiger charge is 2.54. The number of amides is 1. The average molecular weight is 373 g/mol. The second-order valence-electron chi connectivity index (χ2n) is 9.71. The lowest BCUT2D eigenvalue weighted by Gasteiger charge is -2.55. The smallest absolute Gasteiger partial charge is 0.226 e. The molecular weight excluding hydrogens is 340 g/mol. The lowest BCUT2D eigenvalue weighted by molar-refractivity contribution is -0.146. The summed E-state index contributed by atoms with van der Waals surface area (Å²) < 4.78 is 0. The Morgan fingerprint density at radius 1 is 1.12 bits per heavy atom. The Hall–Kier alpha value is -0.870. The van der Waals surface area contributed by atoms with Gasteiger partial charge in [-0.3, -0.25) is 9.69 Å². The molecule has 1 N–H and O–H groups in total. The number of hydrogen-bond donors (Lipinski definition) is 1. The number of nitrogens with one attached hydrogen (secondary N) is 1. The van der Waals surface area contributed by atoms with E-state index in [1.807, 2.05) is 11.3 Å². The van der Waals surface area contributed by atoms with Crippen LogP contribution in [0.15, 0.2) is 17.5 Å². The molecule has 0 aromatic carbocycles. The normalized spacial score (nSPS) is 37.2. The Morgan fingerprint density at radius 2 is 1.77 bits per heavy atom. The molecule has 4 bridgehead atoms. The molecule has 1 saturated heterocycles. The zero-order chi connectivity index (χ0) is 17.6. The first-order valence-electron chi connectivity index (χ1n) is 10.7. The summed E-state index contributed by atoms with van der Waals surface area (Å²) in [7, 11) is 0. The molecule has 5 aliphatic rings. The van der Waals surface area contributed by atoms with E-state index in [1.54, 1.807) is 0 Å². The van der Waals surface area contributed by atoms with Crippen molar-refractivity contribution < 1.29 is 4.79 Å². The van der Waals surface area contributed by atoms with Crippen molar-refractivity contribution in [1.29, 1.82) is 0 Å². The van der Waals surface area contributed by atoms with Crippen molar-refractivity contribution in [2.24, 2.45) is 29.1 Å². The molecule has 0 radical (unpaired) electrons. The van der Waals surface area contributed by atoms with Crippen molar-refractivity contribution in [3.8, 4) is 0 Å². The summed E-state index contributed by atoms with van der Waals surface area (Å²) >= 11 is 1.86. The third kappa shape index (κ3) is 3.35. The molecule has 5 fully saturated rings. The van der Waals surface area contributed by atoms with Crippen molar-refractivity contribution >= 4 is 17.2 Å². The first kappa shape index (κ1) is 17.2. The van der Waals surface area contributed by atoms with E-state index in [4.69, 9.17) is 0 Å². The van der Waals surface area contributed by atoms with Crippen LogP contribution in [0.25, 0.3) is 0 Å². The molecule has 3 nitrogen and oxygen atoms in total. The van der Waals surface area contributed by atoms with Gasteiger partial charge in [-0.15, -0.1) is 11.3 Å². The summed E-state index contributed by atoms with van der Waals surface area (Å²) in [6, 6.07) is 4.38. The Balaban J connectivity index is 1.10. The minimum absolute atomic E-state index is 0.0224. The molecule has 142 valence electrons. The van der Waals surface area contributed by atoms with E-state index in [0.29, 0.717) is 11.8 Å². The summed E-state index contributed by atoms with van der Waals surface area (Å²) in [5.41, 5.74) is 0.0224. The van der Waals surface area contributed by atoms with Gasteiger partial charge in [-0.05, 0) is 99.6 Å². The molecule has 4 heteroatoms. The van der Waals surface area contributed by atoms with Crippen LogP contribution < -0.4 is 5.32 Å². The van der Waals surface area contributed by atoms with Gasteiger partial charge in [0.2, 0.25) is 5.91 Å². The van der Waals surface area contributed by atoms with Crippen molar-refractivity contribution in [2.75, 3.05) is 19.6 Å². The summed E-state index contributed by atoms with van der Waals surface area (Å²) in [6.45, 7) is 4.36. The van der Waals surface area contributed by atoms with Gasteiger partial charge in [0.25, 0.3) is 0 Å². The maximum Gasteiger partial charge on any atom is 0.226 e. The van der Waals surface area contributed by atoms with E-state index in [2.05, 4.69) is 27.7 Å². The summed E-state index contributed by atoms with van der Waals surface area (Å²) in [6.07, 6.45) is 10.2. The second kappa shape index (κ2) is 6.94. The number of likely N-dealkylation sites (tertiary alicyclic amines) is 1. The van der Waals surface area contributed by atoms with Crippen LogP contribution in [0.1, 0.15) is 56.2 Å². The molecule has 1 amide bonds. The number of rotatable bonds is 5. The Bertz CT molecular complexity index is 597. The third-order valence-corrected chi connectivity index (χ3v) is 8.60. The van der Waals surface area contributed by atoms with Crippen LogP contribution in [-0.2, 0) is 11.3 Å². The molecule has 26 heavy (non-hydrogen) atoms. The molecule has 0 unspecified atom stereocenters. The fraction of sp³-hybridized carbons (Fsp3) is 0.773. The van der Waals surface area contributed by atoms with Crippen molar-refractivity contribution in [1.82, 2.24) is 10.2 Å². The van der Waals surface area contributed by atoms with Crippen molar-refractivity contribution in [3.63, 3.8) is 0 Å². The van der Waals surface area contributed by atoms with Crippen LogP contribution in [-0.4, -0.2) is 30.4 Å². The molecule has 2 heterocycles. The molecule has 4 aliphatic carbocycles. The zero-order valence-corrected chi connectivity index (χ0v) is 16.6. The maximum atomic E-state index is 13.1. The fourth-order valence-electron chi connectivity index (χ4n) is 6.78. The predicted molar refractivity (Wildman–Crippen MR) is 106 cm³/mol. The van der Waals surface area contributed by atoms with Crippen LogP contribution in [0.5, 0.6) is 0 Å². The minimum Gasteiger partial charge on any atom is -0.355 e. The van der Waals surface area contributed by atoms with Gasteiger partial charge in [0.05, 0.1) is 0 Å². The number of piperidine rings is 1. The maximum absolute atomic E-state index is 13.1. The van der Waals surface area contributed by atoms with Gasteiger partial charge in [-0.25, -0.2) is 0 Å². The number of thiophene rings is 1. The van der Waals surface area contributed by atoms with Crippen LogP contribution in [0.2, 0.25) is 0 Å². The van der Waals surface area contributed by atoms with E-state index in [0.717, 1.165) is 30.8 Å². The lowest BCUT2D eigenvalue weighted by Crippen LogP contribution is -2.54. The Labute approximate surface area is 161 Å². The van der Waals surface area contributed by atoms with Crippen LogP contribution in [0.3, 0.4) is 0 Å². The van der Waals surface area contributed by atoms with Crippen LogP contribution in [0.4, 0.5) is 0 Å². The molecule has 1 aromatic rings. The standard InChI is InChI=1S/C22H32N2OS/c25-21(22-11-17-8-18(12-22)10-19(9-17)13-22)23-14-16-3-5-24(6-4-16)15-20-2-1-7-26-20/h1-2,7,16-19H,3-6,8-15H2,(H,23,25). The van der Waals surface area contributed by atoms with Gasteiger partial charge < -0.3 is 5.32 Å². The fourth-order valence-corrected chi connectivity index (χ4v) is 7.53. The molecule has 1 aromatic heterocycles. The van der Waals surface area contributed by atoms with E-state index >= 15 is 0 Å². The van der Waals surface area contributed by atoms with Crippen molar-refractivity contribution in [3.05, 3.63) is 22.4 Å². The van der Waals surface area contributed by atoms with E-state index < -0.39 is 0 Å². The minimum atomic E-state index is 0.0224. The second-order valence-corrected chi connectivity index (χ2v) is 10.7. The SMILES string of the molecule is O=C(NCC1CCN(Cc2cccs2)CC1)C12CC3CC(CC(C3)C1)C2. The molecular formula is C22H32N2OS. The summed E-state index contributed by atoms with van der Waals surface area (Å²) in [4.78, 5) is 17.1. The predicted octanol–water partition coefficient (Wildman–Crippen LogP) is 4.29. The van der Waals surface area contributed by atoms with Gasteiger partial charge >= 0.3 is 0 Å².